The van der Waals surface area contributed by atoms with Crippen molar-refractivity contribution < 1.29 is 0 Å². The van der Waals surface area contributed by atoms with E-state index in [0.29, 0.717) is 11.1 Å². The van der Waals surface area contributed by atoms with Gasteiger partial charge in [-0.05, 0) is 18.6 Å². The molecule has 1 aromatic rings. The van der Waals surface area contributed by atoms with Crippen molar-refractivity contribution in [3.8, 4) is 0 Å². The normalized spacial score (nSPS) is 16.2. The van der Waals surface area contributed by atoms with Crippen molar-refractivity contribution in [1.82, 2.24) is 9.97 Å². The van der Waals surface area contributed by atoms with E-state index < -0.39 is 0 Å². The highest BCUT2D eigenvalue weighted by Crippen LogP contribution is 2.39. The smallest absolute Gasteiger partial charge is 0.134 e. The lowest BCUT2D eigenvalue weighted by Crippen LogP contribution is -1.94. The predicted octanol–water partition coefficient (Wildman–Crippen LogP) is 3.12. The van der Waals surface area contributed by atoms with Crippen LogP contribution in [0.4, 0.5) is 0 Å². The molecule has 0 unspecified atom stereocenters. The zero-order chi connectivity index (χ0) is 9.26. The van der Waals surface area contributed by atoms with Crippen molar-refractivity contribution in [2.24, 2.45) is 0 Å². The quantitative estimate of drug-likeness (QED) is 0.571. The van der Waals surface area contributed by atoms with Gasteiger partial charge in [-0.1, -0.05) is 18.5 Å². The molecule has 0 saturated heterocycles. The van der Waals surface area contributed by atoms with E-state index in [-0.39, 0.29) is 0 Å². The molecule has 0 aliphatic heterocycles. The molecule has 0 amide bonds. The van der Waals surface area contributed by atoms with Crippen LogP contribution in [-0.2, 0) is 0 Å². The average Bonchev–Trinajstić information content (AvgIpc) is 2.85. The molecule has 1 aliphatic rings. The summed E-state index contributed by atoms with van der Waals surface area (Å²) in [7, 11) is 0. The summed E-state index contributed by atoms with van der Waals surface area (Å²) in [5, 5.41) is 1.58. The van der Waals surface area contributed by atoms with E-state index in [2.05, 4.69) is 16.9 Å². The van der Waals surface area contributed by atoms with Gasteiger partial charge in [0.15, 0.2) is 0 Å². The Kier molecular flexibility index (Phi) is 2.74. The molecule has 13 heavy (non-hydrogen) atoms. The first-order chi connectivity index (χ1) is 6.29. The molecule has 1 aromatic heterocycles. The lowest BCUT2D eigenvalue weighted by atomic mass is 10.4. The van der Waals surface area contributed by atoms with Crippen LogP contribution >= 0.6 is 23.4 Å². The summed E-state index contributed by atoms with van der Waals surface area (Å²) >= 11 is 7.61. The van der Waals surface area contributed by atoms with Crippen LogP contribution in [0.2, 0.25) is 5.15 Å². The van der Waals surface area contributed by atoms with Crippen molar-refractivity contribution >= 4 is 23.4 Å². The van der Waals surface area contributed by atoms with Crippen LogP contribution in [0.5, 0.6) is 0 Å². The molecule has 1 saturated carbocycles. The molecule has 70 valence electrons. The van der Waals surface area contributed by atoms with Crippen LogP contribution in [0.3, 0.4) is 0 Å². The molecule has 0 N–H and O–H groups in total. The van der Waals surface area contributed by atoms with Gasteiger partial charge in [0.25, 0.3) is 0 Å². The number of rotatable bonds is 3. The van der Waals surface area contributed by atoms with E-state index >= 15 is 0 Å². The van der Waals surface area contributed by atoms with Crippen molar-refractivity contribution in [3.05, 3.63) is 17.0 Å². The summed E-state index contributed by atoms with van der Waals surface area (Å²) in [6, 6.07) is 1.83. The molecule has 2 nitrogen and oxygen atoms in total. The zero-order valence-electron chi connectivity index (χ0n) is 7.46. The Morgan fingerprint density at radius 1 is 1.54 bits per heavy atom. The predicted molar refractivity (Wildman–Crippen MR) is 55.4 cm³/mol. The molecule has 2 rings (SSSR count). The number of hydrogen-bond donors (Lipinski definition) is 0. The third-order valence-corrected chi connectivity index (χ3v) is 2.91. The van der Waals surface area contributed by atoms with Gasteiger partial charge in [-0.2, -0.15) is 0 Å². The molecular weight excluding hydrogens is 204 g/mol. The zero-order valence-corrected chi connectivity index (χ0v) is 9.03. The highest BCUT2D eigenvalue weighted by atomic mass is 35.5. The number of halogens is 1. The fourth-order valence-electron chi connectivity index (χ4n) is 1.16. The van der Waals surface area contributed by atoms with Gasteiger partial charge >= 0.3 is 0 Å². The molecule has 0 bridgehead atoms. The van der Waals surface area contributed by atoms with Crippen LogP contribution in [0, 0.1) is 0 Å². The number of aromatic nitrogens is 2. The summed E-state index contributed by atoms with van der Waals surface area (Å²) in [4.78, 5) is 8.67. The van der Waals surface area contributed by atoms with E-state index in [1.165, 1.54) is 12.8 Å². The Morgan fingerprint density at radius 3 is 2.92 bits per heavy atom. The highest BCUT2D eigenvalue weighted by Gasteiger charge is 2.27. The van der Waals surface area contributed by atoms with Gasteiger partial charge in [0.1, 0.15) is 16.0 Å². The van der Waals surface area contributed by atoms with E-state index in [1.54, 1.807) is 11.8 Å². The lowest BCUT2D eigenvalue weighted by Gasteiger charge is -2.01. The molecule has 0 spiro atoms. The Bertz CT molecular complexity index is 312. The topological polar surface area (TPSA) is 25.8 Å². The van der Waals surface area contributed by atoms with E-state index in [0.717, 1.165) is 16.6 Å². The van der Waals surface area contributed by atoms with Crippen LogP contribution in [0.15, 0.2) is 11.1 Å². The monoisotopic (exact) mass is 214 g/mol. The van der Waals surface area contributed by atoms with Gasteiger partial charge in [-0.3, -0.25) is 0 Å². The minimum Gasteiger partial charge on any atom is -0.226 e. The van der Waals surface area contributed by atoms with Crippen LogP contribution in [0.1, 0.15) is 31.5 Å². The minimum absolute atomic E-state index is 0.577. The number of nitrogens with zero attached hydrogens (tertiary/aromatic N) is 2. The van der Waals surface area contributed by atoms with Crippen LogP contribution < -0.4 is 0 Å². The Morgan fingerprint density at radius 2 is 2.31 bits per heavy atom. The maximum atomic E-state index is 5.89. The summed E-state index contributed by atoms with van der Waals surface area (Å²) in [6.45, 7) is 2.11. The van der Waals surface area contributed by atoms with Crippen molar-refractivity contribution in [2.45, 2.75) is 30.7 Å². The van der Waals surface area contributed by atoms with Crippen molar-refractivity contribution in [2.75, 3.05) is 5.75 Å². The molecule has 1 fully saturated rings. The summed E-state index contributed by atoms with van der Waals surface area (Å²) in [5.74, 6) is 2.54. The second kappa shape index (κ2) is 3.84. The van der Waals surface area contributed by atoms with Crippen LogP contribution in [-0.4, -0.2) is 15.7 Å². The molecule has 4 heteroatoms. The van der Waals surface area contributed by atoms with Crippen LogP contribution in [0.25, 0.3) is 0 Å². The molecule has 1 heterocycles. The van der Waals surface area contributed by atoms with Gasteiger partial charge in [-0.15, -0.1) is 11.8 Å². The molecule has 0 aromatic carbocycles. The molecule has 0 atom stereocenters. The third kappa shape index (κ3) is 2.35. The standard InChI is InChI=1S/C9H11ClN2S/c1-2-13-8-5-7(10)11-9(12-8)6-3-4-6/h5-6H,2-4H2,1H3. The Balaban J connectivity index is 2.25. The Labute approximate surface area is 87.1 Å². The van der Waals surface area contributed by atoms with Gasteiger partial charge in [0.2, 0.25) is 0 Å². The minimum atomic E-state index is 0.577. The van der Waals surface area contributed by atoms with Gasteiger partial charge < -0.3 is 0 Å². The third-order valence-electron chi connectivity index (χ3n) is 1.92. The first-order valence-electron chi connectivity index (χ1n) is 4.47. The fourth-order valence-corrected chi connectivity index (χ4v) is 2.06. The summed E-state index contributed by atoms with van der Waals surface area (Å²) in [6.07, 6.45) is 2.44. The van der Waals surface area contributed by atoms with Gasteiger partial charge in [0, 0.05) is 12.0 Å². The first kappa shape index (κ1) is 9.28. The van der Waals surface area contributed by atoms with Crippen molar-refractivity contribution in [3.63, 3.8) is 0 Å². The molecule has 0 radical (unpaired) electrons. The average molecular weight is 215 g/mol. The second-order valence-corrected chi connectivity index (χ2v) is 4.77. The second-order valence-electron chi connectivity index (χ2n) is 3.09. The van der Waals surface area contributed by atoms with Gasteiger partial charge in [-0.25, -0.2) is 9.97 Å². The fraction of sp³-hybridized carbons (Fsp3) is 0.556. The van der Waals surface area contributed by atoms with Gasteiger partial charge in [0.05, 0.1) is 0 Å². The molecular formula is C9H11ClN2S. The Hall–Kier alpha value is -0.280. The maximum absolute atomic E-state index is 5.89. The number of hydrogen-bond acceptors (Lipinski definition) is 3. The SMILES string of the molecule is CCSc1cc(Cl)nc(C2CC2)n1. The number of thioether (sulfide) groups is 1. The summed E-state index contributed by atoms with van der Waals surface area (Å²) < 4.78 is 0. The highest BCUT2D eigenvalue weighted by molar-refractivity contribution is 7.99. The van der Waals surface area contributed by atoms with E-state index in [9.17, 15) is 0 Å². The maximum Gasteiger partial charge on any atom is 0.134 e. The summed E-state index contributed by atoms with van der Waals surface area (Å²) in [5.41, 5.74) is 0. The van der Waals surface area contributed by atoms with E-state index in [1.807, 2.05) is 6.07 Å². The molecule has 1 aliphatic carbocycles. The van der Waals surface area contributed by atoms with Crippen molar-refractivity contribution in [1.29, 1.82) is 0 Å². The van der Waals surface area contributed by atoms with E-state index in [4.69, 9.17) is 11.6 Å². The largest absolute Gasteiger partial charge is 0.226 e. The lowest BCUT2D eigenvalue weighted by molar-refractivity contribution is 0.878. The first-order valence-corrected chi connectivity index (χ1v) is 5.83.